The Labute approximate surface area is 203 Å². The summed E-state index contributed by atoms with van der Waals surface area (Å²) in [5.41, 5.74) is 2.80. The zero-order chi connectivity index (χ0) is 24.5. The Bertz CT molecular complexity index is 1120. The summed E-state index contributed by atoms with van der Waals surface area (Å²) in [5, 5.41) is 5.17. The molecule has 180 valence electrons. The molecule has 7 nitrogen and oxygen atoms in total. The molecule has 3 rings (SSSR count). The average molecular weight is 484 g/mol. The molecule has 0 aliphatic rings. The molecule has 1 aromatic heterocycles. The quantitative estimate of drug-likeness (QED) is 0.278. The van der Waals surface area contributed by atoms with Crippen LogP contribution in [0.3, 0.4) is 0 Å². The fourth-order valence-electron chi connectivity index (χ4n) is 3.37. The number of aryl methyl sites for hydroxylation is 1. The number of hydrogen-bond acceptors (Lipinski definition) is 7. The van der Waals surface area contributed by atoms with E-state index in [4.69, 9.17) is 18.9 Å². The number of thiophene rings is 1. The third-order valence-corrected chi connectivity index (χ3v) is 5.94. The number of nitrogens with one attached hydrogen (secondary N) is 1. The van der Waals surface area contributed by atoms with E-state index in [0.29, 0.717) is 40.7 Å². The number of amides is 1. The van der Waals surface area contributed by atoms with E-state index >= 15 is 0 Å². The fourth-order valence-corrected chi connectivity index (χ4v) is 4.33. The largest absolute Gasteiger partial charge is 0.497 e. The molecule has 0 bridgehead atoms. The summed E-state index contributed by atoms with van der Waals surface area (Å²) in [4.78, 5) is 25.4. The second kappa shape index (κ2) is 12.1. The van der Waals surface area contributed by atoms with Crippen LogP contribution in [-0.2, 0) is 9.53 Å². The van der Waals surface area contributed by atoms with Gasteiger partial charge in [0, 0.05) is 22.9 Å². The molecule has 0 aliphatic heterocycles. The lowest BCUT2D eigenvalue weighted by Gasteiger charge is -2.12. The molecule has 0 atom stereocenters. The molecule has 1 N–H and O–H groups in total. The lowest BCUT2D eigenvalue weighted by atomic mass is 10.0. The van der Waals surface area contributed by atoms with E-state index in [0.717, 1.165) is 16.9 Å². The maximum absolute atomic E-state index is 12.8. The van der Waals surface area contributed by atoms with Crippen LogP contribution in [0.5, 0.6) is 17.2 Å². The van der Waals surface area contributed by atoms with Gasteiger partial charge in [0.15, 0.2) is 0 Å². The highest BCUT2D eigenvalue weighted by atomic mass is 32.1. The first kappa shape index (κ1) is 25.1. The van der Waals surface area contributed by atoms with Crippen LogP contribution in [0.25, 0.3) is 11.1 Å². The van der Waals surface area contributed by atoms with Crippen LogP contribution >= 0.6 is 11.3 Å². The Hall–Kier alpha value is -3.52. The van der Waals surface area contributed by atoms with Crippen LogP contribution in [0.4, 0.5) is 5.00 Å². The number of esters is 1. The number of ether oxygens (including phenoxy) is 4. The van der Waals surface area contributed by atoms with Crippen molar-refractivity contribution in [3.05, 3.63) is 59.0 Å². The van der Waals surface area contributed by atoms with Crippen LogP contribution in [0.2, 0.25) is 0 Å². The number of carbonyl (C=O) groups excluding carboxylic acids is 2. The molecule has 1 amide bonds. The van der Waals surface area contributed by atoms with Gasteiger partial charge in [-0.2, -0.15) is 0 Å². The maximum atomic E-state index is 12.8. The molecular formula is C26H29NO6S. The molecule has 0 unspecified atom stereocenters. The minimum absolute atomic E-state index is 0.200. The van der Waals surface area contributed by atoms with Crippen molar-refractivity contribution in [3.63, 3.8) is 0 Å². The summed E-state index contributed by atoms with van der Waals surface area (Å²) >= 11 is 1.29. The molecule has 2 aromatic carbocycles. The van der Waals surface area contributed by atoms with Crippen LogP contribution in [0, 0.1) is 6.92 Å². The summed E-state index contributed by atoms with van der Waals surface area (Å²) in [7, 11) is 3.19. The number of carbonyl (C=O) groups is 2. The first-order valence-electron chi connectivity index (χ1n) is 11.0. The van der Waals surface area contributed by atoms with Crippen LogP contribution in [0.15, 0.2) is 47.8 Å². The third kappa shape index (κ3) is 6.29. The van der Waals surface area contributed by atoms with Gasteiger partial charge in [0.1, 0.15) is 27.8 Å². The summed E-state index contributed by atoms with van der Waals surface area (Å²) in [5.74, 6) is 1.42. The molecule has 0 saturated carbocycles. The fraction of sp³-hybridized carbons (Fsp3) is 0.308. The molecule has 8 heteroatoms. The zero-order valence-corrected chi connectivity index (χ0v) is 20.6. The molecular weight excluding hydrogens is 454 g/mol. The van der Waals surface area contributed by atoms with Gasteiger partial charge >= 0.3 is 5.97 Å². The lowest BCUT2D eigenvalue weighted by Crippen LogP contribution is -2.15. The molecule has 0 aliphatic carbocycles. The van der Waals surface area contributed by atoms with E-state index in [2.05, 4.69) is 5.32 Å². The van der Waals surface area contributed by atoms with Crippen molar-refractivity contribution in [2.45, 2.75) is 26.7 Å². The molecule has 0 spiro atoms. The second-order valence-electron chi connectivity index (χ2n) is 7.45. The summed E-state index contributed by atoms with van der Waals surface area (Å²) in [6.45, 7) is 4.34. The Morgan fingerprint density at radius 1 is 0.971 bits per heavy atom. The van der Waals surface area contributed by atoms with Crippen molar-refractivity contribution in [2.24, 2.45) is 0 Å². The normalized spacial score (nSPS) is 10.5. The van der Waals surface area contributed by atoms with Crippen molar-refractivity contribution in [1.82, 2.24) is 0 Å². The Balaban J connectivity index is 1.69. The van der Waals surface area contributed by atoms with E-state index in [1.54, 1.807) is 21.1 Å². The number of benzene rings is 2. The molecule has 34 heavy (non-hydrogen) atoms. The first-order valence-corrected chi connectivity index (χ1v) is 11.8. The number of anilines is 1. The van der Waals surface area contributed by atoms with E-state index in [1.807, 2.05) is 54.8 Å². The predicted octanol–water partition coefficient (Wildman–Crippen LogP) is 5.72. The molecule has 0 saturated heterocycles. The SMILES string of the molecule is CCOC(=O)c1c(-c2cc(C)ccc2OC)csc1NC(=O)CCCOc1ccc(OC)cc1. The van der Waals surface area contributed by atoms with Gasteiger partial charge < -0.3 is 24.3 Å². The van der Waals surface area contributed by atoms with E-state index in [9.17, 15) is 9.59 Å². The van der Waals surface area contributed by atoms with Crippen molar-refractivity contribution < 1.29 is 28.5 Å². The second-order valence-corrected chi connectivity index (χ2v) is 8.33. The molecule has 0 fully saturated rings. The van der Waals surface area contributed by atoms with E-state index in [-0.39, 0.29) is 18.9 Å². The molecule has 3 aromatic rings. The summed E-state index contributed by atoms with van der Waals surface area (Å²) < 4.78 is 21.6. The smallest absolute Gasteiger partial charge is 0.341 e. The highest BCUT2D eigenvalue weighted by molar-refractivity contribution is 7.15. The van der Waals surface area contributed by atoms with Crippen molar-refractivity contribution in [3.8, 4) is 28.4 Å². The monoisotopic (exact) mass is 483 g/mol. The van der Waals surface area contributed by atoms with Gasteiger partial charge in [-0.1, -0.05) is 11.6 Å². The topological polar surface area (TPSA) is 83.1 Å². The minimum Gasteiger partial charge on any atom is -0.497 e. The van der Waals surface area contributed by atoms with Crippen LogP contribution in [0.1, 0.15) is 35.7 Å². The number of methoxy groups -OCH3 is 2. The van der Waals surface area contributed by atoms with Gasteiger partial charge in [-0.25, -0.2) is 4.79 Å². The van der Waals surface area contributed by atoms with Gasteiger partial charge in [-0.15, -0.1) is 11.3 Å². The highest BCUT2D eigenvalue weighted by Crippen LogP contribution is 2.40. The van der Waals surface area contributed by atoms with Crippen molar-refractivity contribution in [2.75, 3.05) is 32.8 Å². The Morgan fingerprint density at radius 3 is 2.38 bits per heavy atom. The van der Waals surface area contributed by atoms with E-state index in [1.165, 1.54) is 11.3 Å². The van der Waals surface area contributed by atoms with Crippen LogP contribution < -0.4 is 19.5 Å². The zero-order valence-electron chi connectivity index (χ0n) is 19.8. The summed E-state index contributed by atoms with van der Waals surface area (Å²) in [6.07, 6.45) is 0.774. The van der Waals surface area contributed by atoms with Crippen molar-refractivity contribution in [1.29, 1.82) is 0 Å². The standard InChI is InChI=1S/C26H29NO6S/c1-5-32-26(29)24-21(20-15-17(2)8-13-22(20)31-4)16-34-25(24)27-23(28)7-6-14-33-19-11-9-18(30-3)10-12-19/h8-13,15-16H,5-7,14H2,1-4H3,(H,27,28). The van der Waals surface area contributed by atoms with Crippen LogP contribution in [-0.4, -0.2) is 39.3 Å². The maximum Gasteiger partial charge on any atom is 0.341 e. The average Bonchev–Trinajstić information content (AvgIpc) is 3.25. The van der Waals surface area contributed by atoms with Gasteiger partial charge in [0.2, 0.25) is 5.91 Å². The van der Waals surface area contributed by atoms with Gasteiger partial charge in [0.25, 0.3) is 0 Å². The van der Waals surface area contributed by atoms with Gasteiger partial charge in [0.05, 0.1) is 27.4 Å². The van der Waals surface area contributed by atoms with Gasteiger partial charge in [-0.3, -0.25) is 4.79 Å². The Morgan fingerprint density at radius 2 is 1.71 bits per heavy atom. The first-order chi connectivity index (χ1) is 16.5. The summed E-state index contributed by atoms with van der Waals surface area (Å²) in [6, 6.07) is 13.0. The van der Waals surface area contributed by atoms with E-state index < -0.39 is 5.97 Å². The highest BCUT2D eigenvalue weighted by Gasteiger charge is 2.24. The van der Waals surface area contributed by atoms with Gasteiger partial charge in [-0.05, 0) is 56.7 Å². The molecule has 0 radical (unpaired) electrons. The Kier molecular flexibility index (Phi) is 8.93. The number of rotatable bonds is 11. The molecule has 1 heterocycles. The lowest BCUT2D eigenvalue weighted by molar-refractivity contribution is -0.116. The third-order valence-electron chi connectivity index (χ3n) is 5.05. The minimum atomic E-state index is -0.486. The number of hydrogen-bond donors (Lipinski definition) is 1. The van der Waals surface area contributed by atoms with Crippen molar-refractivity contribution >= 4 is 28.2 Å². The predicted molar refractivity (Wildman–Crippen MR) is 133 cm³/mol.